The summed E-state index contributed by atoms with van der Waals surface area (Å²) in [6.45, 7) is 11.9. The highest BCUT2D eigenvalue weighted by Crippen LogP contribution is 2.69. The van der Waals surface area contributed by atoms with Crippen LogP contribution in [0, 0.1) is 23.7 Å². The molecule has 0 N–H and O–H groups in total. The normalized spacial score (nSPS) is 58.9. The van der Waals surface area contributed by atoms with E-state index in [9.17, 15) is 0 Å². The minimum atomic E-state index is -0.467. The van der Waals surface area contributed by atoms with Gasteiger partial charge in [0, 0.05) is 11.8 Å². The van der Waals surface area contributed by atoms with E-state index in [-0.39, 0.29) is 12.2 Å². The minimum Gasteiger partial charge on any atom is -0.346 e. The first-order valence-corrected chi connectivity index (χ1v) is 7.80. The van der Waals surface area contributed by atoms with Gasteiger partial charge < -0.3 is 14.2 Å². The van der Waals surface area contributed by atoms with Crippen LogP contribution in [0.1, 0.15) is 33.1 Å². The molecule has 3 aliphatic heterocycles. The van der Waals surface area contributed by atoms with Crippen LogP contribution in [0.3, 0.4) is 0 Å². The van der Waals surface area contributed by atoms with Gasteiger partial charge in [0.25, 0.3) is 0 Å². The van der Waals surface area contributed by atoms with Crippen molar-refractivity contribution >= 4 is 0 Å². The third-order valence-corrected chi connectivity index (χ3v) is 5.99. The predicted octanol–water partition coefficient (Wildman–Crippen LogP) is 3.27. The fourth-order valence-corrected chi connectivity index (χ4v) is 5.63. The summed E-state index contributed by atoms with van der Waals surface area (Å²) in [6, 6.07) is 0. The summed E-state index contributed by atoms with van der Waals surface area (Å²) in [5, 5.41) is 0. The van der Waals surface area contributed by atoms with Crippen molar-refractivity contribution in [2.45, 2.75) is 56.9 Å². The Hall–Kier alpha value is -0.640. The standard InChI is InChI=1S/C17H24O3/c1-5-7-12-10-9-11-13(8-6-2)19-17(4)15(11)14(10)16(3,18-12)20-17/h5-6,10-15H,1-2,7-9H2,3-4H3/t10-,11+,12-,13+,14-,15-,16-,17+/m1/s1. The molecule has 3 saturated heterocycles. The van der Waals surface area contributed by atoms with E-state index in [4.69, 9.17) is 14.2 Å². The van der Waals surface area contributed by atoms with Crippen LogP contribution in [0.2, 0.25) is 0 Å². The molecular formula is C17H24O3. The summed E-state index contributed by atoms with van der Waals surface area (Å²) in [6.07, 6.45) is 7.51. The molecule has 3 heterocycles. The van der Waals surface area contributed by atoms with Gasteiger partial charge in [0.2, 0.25) is 0 Å². The fourth-order valence-electron chi connectivity index (χ4n) is 5.63. The summed E-state index contributed by atoms with van der Waals surface area (Å²) < 4.78 is 18.9. The second kappa shape index (κ2) is 3.96. The Balaban J connectivity index is 1.70. The number of ether oxygens (including phenoxy) is 3. The highest BCUT2D eigenvalue weighted by atomic mass is 16.8. The second-order valence-corrected chi connectivity index (χ2v) is 7.11. The van der Waals surface area contributed by atoms with Gasteiger partial charge in [-0.05, 0) is 44.9 Å². The molecule has 4 rings (SSSR count). The van der Waals surface area contributed by atoms with Crippen molar-refractivity contribution in [1.82, 2.24) is 0 Å². The molecule has 0 unspecified atom stereocenters. The predicted molar refractivity (Wildman–Crippen MR) is 75.8 cm³/mol. The molecule has 0 aromatic rings. The molecule has 0 aromatic heterocycles. The average Bonchev–Trinajstić information content (AvgIpc) is 2.99. The van der Waals surface area contributed by atoms with Crippen molar-refractivity contribution in [3.05, 3.63) is 25.3 Å². The van der Waals surface area contributed by atoms with Crippen LogP contribution in [0.4, 0.5) is 0 Å². The first-order valence-electron chi connectivity index (χ1n) is 7.80. The molecule has 0 aromatic carbocycles. The van der Waals surface area contributed by atoms with Gasteiger partial charge in [-0.1, -0.05) is 12.2 Å². The van der Waals surface area contributed by atoms with Crippen molar-refractivity contribution in [2.75, 3.05) is 0 Å². The zero-order valence-corrected chi connectivity index (χ0v) is 12.4. The van der Waals surface area contributed by atoms with E-state index in [2.05, 4.69) is 27.0 Å². The van der Waals surface area contributed by atoms with E-state index in [1.807, 2.05) is 12.2 Å². The molecule has 0 spiro atoms. The molecule has 4 aliphatic rings. The van der Waals surface area contributed by atoms with Crippen LogP contribution in [0.25, 0.3) is 0 Å². The molecule has 3 heteroatoms. The lowest BCUT2D eigenvalue weighted by atomic mass is 9.81. The molecule has 110 valence electrons. The van der Waals surface area contributed by atoms with Gasteiger partial charge in [-0.25, -0.2) is 0 Å². The van der Waals surface area contributed by atoms with E-state index in [1.165, 1.54) is 6.42 Å². The van der Waals surface area contributed by atoms with Crippen LogP contribution in [-0.2, 0) is 14.2 Å². The summed E-state index contributed by atoms with van der Waals surface area (Å²) in [5.74, 6) is 1.18. The Morgan fingerprint density at radius 3 is 1.80 bits per heavy atom. The SMILES string of the molecule is C=CC[C@@H]1O[C@@]2(C)O[C@@]3(C)O[C@H](CC=C)[C@H]4C[C@@H]1[C@@H]2[C@@H]43. The van der Waals surface area contributed by atoms with E-state index in [1.54, 1.807) is 0 Å². The third-order valence-electron chi connectivity index (χ3n) is 5.99. The largest absolute Gasteiger partial charge is 0.346 e. The van der Waals surface area contributed by atoms with Crippen LogP contribution in [0.5, 0.6) is 0 Å². The molecule has 1 aliphatic carbocycles. The molecular weight excluding hydrogens is 252 g/mol. The molecule has 0 bridgehead atoms. The smallest absolute Gasteiger partial charge is 0.172 e. The van der Waals surface area contributed by atoms with Crippen molar-refractivity contribution < 1.29 is 14.2 Å². The van der Waals surface area contributed by atoms with Gasteiger partial charge in [-0.15, -0.1) is 13.2 Å². The van der Waals surface area contributed by atoms with E-state index >= 15 is 0 Å². The maximum Gasteiger partial charge on any atom is 0.172 e. The van der Waals surface area contributed by atoms with Gasteiger partial charge in [-0.3, -0.25) is 0 Å². The van der Waals surface area contributed by atoms with Crippen molar-refractivity contribution in [3.8, 4) is 0 Å². The summed E-state index contributed by atoms with van der Waals surface area (Å²) in [7, 11) is 0. The Morgan fingerprint density at radius 1 is 0.950 bits per heavy atom. The highest BCUT2D eigenvalue weighted by molar-refractivity contribution is 5.16. The van der Waals surface area contributed by atoms with Crippen LogP contribution >= 0.6 is 0 Å². The molecule has 8 atom stereocenters. The average molecular weight is 276 g/mol. The fraction of sp³-hybridized carbons (Fsp3) is 0.765. The quantitative estimate of drug-likeness (QED) is 0.738. The van der Waals surface area contributed by atoms with Gasteiger partial charge in [0.15, 0.2) is 11.6 Å². The molecule has 0 radical (unpaired) electrons. The second-order valence-electron chi connectivity index (χ2n) is 7.11. The zero-order valence-electron chi connectivity index (χ0n) is 12.4. The first-order chi connectivity index (χ1) is 9.52. The number of rotatable bonds is 4. The summed E-state index contributed by atoms with van der Waals surface area (Å²) in [5.41, 5.74) is 0. The molecule has 4 fully saturated rings. The van der Waals surface area contributed by atoms with Crippen molar-refractivity contribution in [3.63, 3.8) is 0 Å². The maximum atomic E-state index is 6.33. The van der Waals surface area contributed by atoms with Gasteiger partial charge in [-0.2, -0.15) is 0 Å². The van der Waals surface area contributed by atoms with Gasteiger partial charge in [0.05, 0.1) is 12.2 Å². The van der Waals surface area contributed by atoms with E-state index in [0.29, 0.717) is 23.7 Å². The van der Waals surface area contributed by atoms with E-state index < -0.39 is 11.6 Å². The lowest BCUT2D eigenvalue weighted by Gasteiger charge is -2.30. The molecule has 20 heavy (non-hydrogen) atoms. The van der Waals surface area contributed by atoms with E-state index in [0.717, 1.165) is 12.8 Å². The molecule has 1 saturated carbocycles. The molecule has 3 nitrogen and oxygen atoms in total. The Kier molecular flexibility index (Phi) is 2.59. The number of hydrogen-bond donors (Lipinski definition) is 0. The lowest BCUT2D eigenvalue weighted by Crippen LogP contribution is -2.36. The number of hydrogen-bond acceptors (Lipinski definition) is 3. The van der Waals surface area contributed by atoms with Crippen LogP contribution in [-0.4, -0.2) is 23.8 Å². The third kappa shape index (κ3) is 1.41. The van der Waals surface area contributed by atoms with Crippen molar-refractivity contribution in [2.24, 2.45) is 23.7 Å². The lowest BCUT2D eigenvalue weighted by molar-refractivity contribution is -0.310. The Labute approximate surface area is 121 Å². The van der Waals surface area contributed by atoms with Gasteiger partial charge in [0.1, 0.15) is 0 Å². The van der Waals surface area contributed by atoms with Crippen LogP contribution < -0.4 is 0 Å². The maximum absolute atomic E-state index is 6.33. The monoisotopic (exact) mass is 276 g/mol. The Morgan fingerprint density at radius 2 is 1.40 bits per heavy atom. The van der Waals surface area contributed by atoms with Gasteiger partial charge >= 0.3 is 0 Å². The Bertz CT molecular complexity index is 421. The summed E-state index contributed by atoms with van der Waals surface area (Å²) in [4.78, 5) is 0. The molecule has 0 amide bonds. The van der Waals surface area contributed by atoms with Crippen molar-refractivity contribution in [1.29, 1.82) is 0 Å². The zero-order chi connectivity index (χ0) is 14.1. The highest BCUT2D eigenvalue weighted by Gasteiger charge is 2.76. The minimum absolute atomic E-state index is 0.266. The topological polar surface area (TPSA) is 27.7 Å². The first kappa shape index (κ1) is 13.1. The van der Waals surface area contributed by atoms with Crippen LogP contribution in [0.15, 0.2) is 25.3 Å². The summed E-state index contributed by atoms with van der Waals surface area (Å²) >= 11 is 0.